The monoisotopic (exact) mass is 385 g/mol. The van der Waals surface area contributed by atoms with Gasteiger partial charge in [-0.2, -0.15) is 28.2 Å². The van der Waals surface area contributed by atoms with Crippen LogP contribution in [-0.2, 0) is 6.18 Å². The Balaban J connectivity index is 2.07. The number of halogens is 3. The zero-order valence-corrected chi connectivity index (χ0v) is 14.7. The average molecular weight is 385 g/mol. The van der Waals surface area contributed by atoms with E-state index < -0.39 is 11.7 Å². The van der Waals surface area contributed by atoms with Crippen LogP contribution in [0.25, 0.3) is 5.65 Å². The molecule has 142 valence electrons. The van der Waals surface area contributed by atoms with Gasteiger partial charge in [0.2, 0.25) is 0 Å². The SMILES string of the molecule is CCCNc1cc(Nc2cc(C#N)cc(C(F)(F)F)c2)nn2c(C#N)cnc12. The molecule has 10 heteroatoms. The topological polar surface area (TPSA) is 102 Å². The van der Waals surface area contributed by atoms with Crippen LogP contribution in [0.2, 0.25) is 0 Å². The molecule has 0 atom stereocenters. The number of anilines is 3. The van der Waals surface area contributed by atoms with Gasteiger partial charge in [0.25, 0.3) is 0 Å². The first-order valence-electron chi connectivity index (χ1n) is 8.28. The molecule has 0 unspecified atom stereocenters. The number of fused-ring (bicyclic) bond motifs is 1. The summed E-state index contributed by atoms with van der Waals surface area (Å²) < 4.78 is 40.5. The van der Waals surface area contributed by atoms with Gasteiger partial charge in [-0.15, -0.1) is 5.10 Å². The number of alkyl halides is 3. The van der Waals surface area contributed by atoms with E-state index in [1.807, 2.05) is 13.0 Å². The molecule has 2 aromatic heterocycles. The summed E-state index contributed by atoms with van der Waals surface area (Å²) in [4.78, 5) is 4.16. The third-order valence-corrected chi connectivity index (χ3v) is 3.81. The van der Waals surface area contributed by atoms with E-state index in [0.717, 1.165) is 18.6 Å². The van der Waals surface area contributed by atoms with E-state index in [0.29, 0.717) is 17.9 Å². The van der Waals surface area contributed by atoms with Gasteiger partial charge in [0, 0.05) is 18.3 Å². The quantitative estimate of drug-likeness (QED) is 0.687. The second kappa shape index (κ2) is 7.45. The number of hydrogen-bond donors (Lipinski definition) is 2. The van der Waals surface area contributed by atoms with Crippen molar-refractivity contribution < 1.29 is 13.2 Å². The summed E-state index contributed by atoms with van der Waals surface area (Å²) in [6.45, 7) is 2.61. The van der Waals surface area contributed by atoms with Gasteiger partial charge in [-0.1, -0.05) is 6.92 Å². The van der Waals surface area contributed by atoms with E-state index in [9.17, 15) is 18.4 Å². The highest BCUT2D eigenvalue weighted by Gasteiger charge is 2.31. The first-order valence-corrected chi connectivity index (χ1v) is 8.28. The van der Waals surface area contributed by atoms with Crippen molar-refractivity contribution in [2.45, 2.75) is 19.5 Å². The van der Waals surface area contributed by atoms with Crippen LogP contribution in [0.5, 0.6) is 0 Å². The molecule has 0 aliphatic carbocycles. The average Bonchev–Trinajstić information content (AvgIpc) is 3.08. The highest BCUT2D eigenvalue weighted by molar-refractivity contribution is 5.73. The standard InChI is InChI=1S/C18H14F3N7/c1-2-3-24-15-7-16(27-28-14(9-23)10-25-17(15)28)26-13-5-11(8-22)4-12(6-13)18(19,20)21/h4-7,10,24H,2-3H2,1H3,(H,26,27). The van der Waals surface area contributed by atoms with Gasteiger partial charge in [-0.3, -0.25) is 0 Å². The van der Waals surface area contributed by atoms with Crippen LogP contribution >= 0.6 is 0 Å². The summed E-state index contributed by atoms with van der Waals surface area (Å²) in [7, 11) is 0. The number of benzene rings is 1. The Morgan fingerprint density at radius 2 is 1.93 bits per heavy atom. The lowest BCUT2D eigenvalue weighted by atomic mass is 10.1. The van der Waals surface area contributed by atoms with Crippen LogP contribution in [-0.4, -0.2) is 21.1 Å². The molecule has 0 fully saturated rings. The van der Waals surface area contributed by atoms with Crippen molar-refractivity contribution in [3.63, 3.8) is 0 Å². The van der Waals surface area contributed by atoms with Gasteiger partial charge in [0.1, 0.15) is 6.07 Å². The summed E-state index contributed by atoms with van der Waals surface area (Å²) in [6.07, 6.45) is -2.39. The third kappa shape index (κ3) is 3.81. The molecule has 0 bridgehead atoms. The molecule has 0 aliphatic rings. The van der Waals surface area contributed by atoms with E-state index in [1.54, 1.807) is 12.1 Å². The number of rotatable bonds is 5. The molecule has 0 saturated heterocycles. The molecule has 3 rings (SSSR count). The van der Waals surface area contributed by atoms with Gasteiger partial charge >= 0.3 is 6.18 Å². The first-order chi connectivity index (χ1) is 13.4. The van der Waals surface area contributed by atoms with E-state index in [1.165, 1.54) is 16.8 Å². The Labute approximate surface area is 158 Å². The molecule has 0 aliphatic heterocycles. The number of hydrogen-bond acceptors (Lipinski definition) is 6. The minimum atomic E-state index is -4.59. The van der Waals surface area contributed by atoms with Crippen LogP contribution in [0.1, 0.15) is 30.2 Å². The minimum Gasteiger partial charge on any atom is -0.382 e. The Bertz CT molecular complexity index is 1100. The Morgan fingerprint density at radius 3 is 2.57 bits per heavy atom. The molecular weight excluding hydrogens is 371 g/mol. The van der Waals surface area contributed by atoms with E-state index in [-0.39, 0.29) is 22.8 Å². The maximum Gasteiger partial charge on any atom is 0.416 e. The number of nitrogens with one attached hydrogen (secondary N) is 2. The smallest absolute Gasteiger partial charge is 0.382 e. The number of aromatic nitrogens is 3. The molecular formula is C18H14F3N7. The van der Waals surface area contributed by atoms with Gasteiger partial charge in [0.15, 0.2) is 17.2 Å². The summed E-state index contributed by atoms with van der Waals surface area (Å²) in [5.41, 5.74) is 0.159. The van der Waals surface area contributed by atoms with E-state index >= 15 is 0 Å². The minimum absolute atomic E-state index is 0.0540. The predicted octanol–water partition coefficient (Wildman–Crippen LogP) is 4.06. The molecule has 28 heavy (non-hydrogen) atoms. The lowest BCUT2D eigenvalue weighted by molar-refractivity contribution is -0.137. The molecule has 1 aromatic carbocycles. The van der Waals surface area contributed by atoms with Crippen molar-refractivity contribution in [1.29, 1.82) is 10.5 Å². The maximum absolute atomic E-state index is 13.1. The van der Waals surface area contributed by atoms with Gasteiger partial charge in [-0.25, -0.2) is 4.98 Å². The second-order valence-corrected chi connectivity index (χ2v) is 5.89. The first kappa shape index (κ1) is 19.0. The van der Waals surface area contributed by atoms with E-state index in [2.05, 4.69) is 20.7 Å². The van der Waals surface area contributed by atoms with Gasteiger partial charge in [-0.05, 0) is 24.6 Å². The lowest BCUT2D eigenvalue weighted by Gasteiger charge is -2.13. The molecule has 3 aromatic rings. The molecule has 0 amide bonds. The fraction of sp³-hybridized carbons (Fsp3) is 0.222. The summed E-state index contributed by atoms with van der Waals surface area (Å²) in [5.74, 6) is 0.198. The lowest BCUT2D eigenvalue weighted by Crippen LogP contribution is -2.08. The molecule has 7 nitrogen and oxygen atoms in total. The normalized spacial score (nSPS) is 11.1. The molecule has 0 spiro atoms. The predicted molar refractivity (Wildman–Crippen MR) is 95.9 cm³/mol. The van der Waals surface area contributed by atoms with Crippen LogP contribution < -0.4 is 10.6 Å². The Morgan fingerprint density at radius 1 is 1.14 bits per heavy atom. The van der Waals surface area contributed by atoms with Crippen LogP contribution in [0.4, 0.5) is 30.4 Å². The fourth-order valence-electron chi connectivity index (χ4n) is 2.57. The fourth-order valence-corrected chi connectivity index (χ4v) is 2.57. The van der Waals surface area contributed by atoms with Crippen LogP contribution in [0, 0.1) is 22.7 Å². The van der Waals surface area contributed by atoms with E-state index in [4.69, 9.17) is 5.26 Å². The highest BCUT2D eigenvalue weighted by atomic mass is 19.4. The van der Waals surface area contributed by atoms with Crippen molar-refractivity contribution in [2.75, 3.05) is 17.2 Å². The number of nitrogens with zero attached hydrogens (tertiary/aromatic N) is 5. The molecule has 0 radical (unpaired) electrons. The van der Waals surface area contributed by atoms with Crippen LogP contribution in [0.15, 0.2) is 30.5 Å². The van der Waals surface area contributed by atoms with Crippen molar-refractivity contribution in [1.82, 2.24) is 14.6 Å². The van der Waals surface area contributed by atoms with Crippen molar-refractivity contribution in [3.8, 4) is 12.1 Å². The van der Waals surface area contributed by atoms with Gasteiger partial charge in [0.05, 0.1) is 29.1 Å². The largest absolute Gasteiger partial charge is 0.416 e. The zero-order valence-electron chi connectivity index (χ0n) is 14.7. The number of nitriles is 2. The zero-order chi connectivity index (χ0) is 20.3. The van der Waals surface area contributed by atoms with Crippen molar-refractivity contribution in [3.05, 3.63) is 47.3 Å². The Hall–Kier alpha value is -3.79. The molecule has 2 heterocycles. The van der Waals surface area contributed by atoms with Gasteiger partial charge < -0.3 is 10.6 Å². The Kier molecular flexibility index (Phi) is 5.05. The summed E-state index contributed by atoms with van der Waals surface area (Å²) in [6, 6.07) is 8.23. The third-order valence-electron chi connectivity index (χ3n) is 3.81. The van der Waals surface area contributed by atoms with Crippen molar-refractivity contribution >= 4 is 22.8 Å². The molecule has 0 saturated carbocycles. The number of imidazole rings is 1. The van der Waals surface area contributed by atoms with Crippen molar-refractivity contribution in [2.24, 2.45) is 0 Å². The maximum atomic E-state index is 13.1. The summed E-state index contributed by atoms with van der Waals surface area (Å²) in [5, 5.41) is 28.4. The summed E-state index contributed by atoms with van der Waals surface area (Å²) >= 11 is 0. The highest BCUT2D eigenvalue weighted by Crippen LogP contribution is 2.33. The second-order valence-electron chi connectivity index (χ2n) is 5.89. The van der Waals surface area contributed by atoms with Crippen LogP contribution in [0.3, 0.4) is 0 Å². The molecule has 2 N–H and O–H groups in total.